The Morgan fingerprint density at radius 1 is 1.35 bits per heavy atom. The molecule has 0 amide bonds. The molecule has 0 N–H and O–H groups in total. The topological polar surface area (TPSA) is 25.4 Å². The molecule has 122 valence electrons. The number of rotatable bonds is 3. The van der Waals surface area contributed by atoms with Gasteiger partial charge in [-0.05, 0) is 50.4 Å². The van der Waals surface area contributed by atoms with Gasteiger partial charge in [0.05, 0.1) is 12.6 Å². The molecule has 2 heterocycles. The molecule has 0 bridgehead atoms. The van der Waals surface area contributed by atoms with Gasteiger partial charge in [0.15, 0.2) is 0 Å². The van der Waals surface area contributed by atoms with Gasteiger partial charge in [-0.25, -0.2) is 4.98 Å². The highest BCUT2D eigenvalue weighted by atomic mass is 32.1. The minimum absolute atomic E-state index is 0.274. The number of hydrogen-bond acceptors (Lipinski definition) is 4. The van der Waals surface area contributed by atoms with Gasteiger partial charge in [-0.15, -0.1) is 11.3 Å². The lowest BCUT2D eigenvalue weighted by atomic mass is 9.73. The zero-order chi connectivity index (χ0) is 15.9. The number of ether oxygens (including phenoxy) is 1. The van der Waals surface area contributed by atoms with E-state index in [1.165, 1.54) is 29.0 Å². The number of piperidine rings is 1. The normalized spacial score (nSPS) is 23.3. The molecule has 1 aliphatic heterocycles. The second-order valence-electron chi connectivity index (χ2n) is 7.00. The van der Waals surface area contributed by atoms with Gasteiger partial charge in [0.1, 0.15) is 5.01 Å². The first-order valence-electron chi connectivity index (χ1n) is 8.45. The van der Waals surface area contributed by atoms with Gasteiger partial charge in [0, 0.05) is 24.1 Å². The molecule has 1 saturated heterocycles. The van der Waals surface area contributed by atoms with Crippen LogP contribution in [0.4, 0.5) is 0 Å². The third-order valence-corrected chi connectivity index (χ3v) is 6.41. The van der Waals surface area contributed by atoms with Crippen LogP contribution in [0.5, 0.6) is 0 Å². The highest BCUT2D eigenvalue weighted by Gasteiger charge is 2.45. The zero-order valence-electron chi connectivity index (χ0n) is 13.9. The number of thiazole rings is 1. The van der Waals surface area contributed by atoms with Gasteiger partial charge in [-0.3, -0.25) is 4.90 Å². The van der Waals surface area contributed by atoms with Gasteiger partial charge in [0.2, 0.25) is 0 Å². The molecule has 2 aromatic rings. The van der Waals surface area contributed by atoms with Gasteiger partial charge in [-0.1, -0.05) is 23.8 Å². The summed E-state index contributed by atoms with van der Waals surface area (Å²) in [5, 5.41) is 3.30. The van der Waals surface area contributed by atoms with Crippen LogP contribution in [0, 0.1) is 6.92 Å². The van der Waals surface area contributed by atoms with Crippen molar-refractivity contribution in [1.82, 2.24) is 9.88 Å². The molecule has 4 rings (SSSR count). The van der Waals surface area contributed by atoms with Crippen molar-refractivity contribution in [3.05, 3.63) is 51.5 Å². The molecule has 0 radical (unpaired) electrons. The van der Waals surface area contributed by atoms with Crippen LogP contribution in [-0.2, 0) is 16.7 Å². The molecule has 23 heavy (non-hydrogen) atoms. The summed E-state index contributed by atoms with van der Waals surface area (Å²) in [7, 11) is 1.85. The van der Waals surface area contributed by atoms with Gasteiger partial charge in [0.25, 0.3) is 0 Å². The number of nitrogens with zero attached hydrogens (tertiary/aromatic N) is 2. The lowest BCUT2D eigenvalue weighted by Gasteiger charge is -2.40. The second-order valence-corrected chi connectivity index (χ2v) is 7.98. The van der Waals surface area contributed by atoms with Crippen molar-refractivity contribution >= 4 is 11.3 Å². The van der Waals surface area contributed by atoms with E-state index in [2.05, 4.69) is 40.4 Å². The minimum atomic E-state index is 0.274. The summed E-state index contributed by atoms with van der Waals surface area (Å²) in [4.78, 5) is 6.98. The summed E-state index contributed by atoms with van der Waals surface area (Å²) >= 11 is 1.76. The number of hydrogen-bond donors (Lipinski definition) is 0. The number of aromatic nitrogens is 1. The highest BCUT2D eigenvalue weighted by Crippen LogP contribution is 2.52. The molecular weight excluding hydrogens is 304 g/mol. The molecule has 3 nitrogen and oxygen atoms in total. The zero-order valence-corrected chi connectivity index (χ0v) is 14.7. The molecular formula is C19H24N2OS. The molecule has 2 aliphatic rings. The van der Waals surface area contributed by atoms with Crippen molar-refractivity contribution in [2.75, 3.05) is 20.2 Å². The van der Waals surface area contributed by atoms with Crippen LogP contribution in [0.3, 0.4) is 0 Å². The molecule has 1 aromatic heterocycles. The SMILES string of the molecule is COC1CC2(CCN(Cc3nccs3)CC2)c2ccc(C)cc21. The van der Waals surface area contributed by atoms with E-state index >= 15 is 0 Å². The summed E-state index contributed by atoms with van der Waals surface area (Å²) in [5.41, 5.74) is 4.64. The van der Waals surface area contributed by atoms with E-state index in [0.29, 0.717) is 5.41 Å². The highest BCUT2D eigenvalue weighted by molar-refractivity contribution is 7.09. The third kappa shape index (κ3) is 2.73. The molecule has 4 heteroatoms. The van der Waals surface area contributed by atoms with E-state index in [-0.39, 0.29) is 6.10 Å². The average molecular weight is 328 g/mol. The molecule has 1 fully saturated rings. The lowest BCUT2D eigenvalue weighted by molar-refractivity contribution is 0.0687. The van der Waals surface area contributed by atoms with Crippen LogP contribution >= 0.6 is 11.3 Å². The number of methoxy groups -OCH3 is 1. The maximum Gasteiger partial charge on any atom is 0.107 e. The largest absolute Gasteiger partial charge is 0.377 e. The van der Waals surface area contributed by atoms with E-state index < -0.39 is 0 Å². The fourth-order valence-electron chi connectivity index (χ4n) is 4.35. The predicted octanol–water partition coefficient (Wildman–Crippen LogP) is 4.08. The first-order valence-corrected chi connectivity index (χ1v) is 9.33. The van der Waals surface area contributed by atoms with Crippen LogP contribution in [0.15, 0.2) is 29.8 Å². The Balaban J connectivity index is 1.53. The van der Waals surface area contributed by atoms with E-state index in [1.807, 2.05) is 13.3 Å². The smallest absolute Gasteiger partial charge is 0.107 e. The predicted molar refractivity (Wildman–Crippen MR) is 93.8 cm³/mol. The van der Waals surface area contributed by atoms with Crippen molar-refractivity contribution in [2.24, 2.45) is 0 Å². The van der Waals surface area contributed by atoms with Crippen molar-refractivity contribution in [3.63, 3.8) is 0 Å². The van der Waals surface area contributed by atoms with Gasteiger partial charge in [-0.2, -0.15) is 0 Å². The molecule has 1 aliphatic carbocycles. The lowest BCUT2D eigenvalue weighted by Crippen LogP contribution is -2.41. The fraction of sp³-hybridized carbons (Fsp3) is 0.526. The molecule has 1 aromatic carbocycles. The Kier molecular flexibility index (Phi) is 4.00. The van der Waals surface area contributed by atoms with Crippen molar-refractivity contribution in [3.8, 4) is 0 Å². The summed E-state index contributed by atoms with van der Waals surface area (Å²) in [6, 6.07) is 6.96. The number of fused-ring (bicyclic) bond motifs is 2. The maximum atomic E-state index is 5.81. The van der Waals surface area contributed by atoms with Crippen molar-refractivity contribution in [2.45, 2.75) is 44.2 Å². The first kappa shape index (κ1) is 15.3. The number of aryl methyl sites for hydroxylation is 1. The Hall–Kier alpha value is -1.23. The summed E-state index contributed by atoms with van der Waals surface area (Å²) in [5.74, 6) is 0. The van der Waals surface area contributed by atoms with Gasteiger partial charge < -0.3 is 4.74 Å². The third-order valence-electron chi connectivity index (χ3n) is 5.64. The van der Waals surface area contributed by atoms with E-state index in [9.17, 15) is 0 Å². The van der Waals surface area contributed by atoms with E-state index in [0.717, 1.165) is 26.1 Å². The summed E-state index contributed by atoms with van der Waals surface area (Å²) < 4.78 is 5.81. The monoisotopic (exact) mass is 328 g/mol. The molecule has 0 saturated carbocycles. The quantitative estimate of drug-likeness (QED) is 0.849. The second kappa shape index (κ2) is 6.00. The molecule has 1 atom stereocenters. The minimum Gasteiger partial charge on any atom is -0.377 e. The van der Waals surface area contributed by atoms with Crippen LogP contribution in [-0.4, -0.2) is 30.1 Å². The Morgan fingerprint density at radius 2 is 2.17 bits per heavy atom. The standard InChI is InChI=1S/C19H24N2OS/c1-14-3-4-16-15(11-14)17(22-2)12-19(16)5-8-21(9-6-19)13-18-20-7-10-23-18/h3-4,7,10-11,17H,5-6,8-9,12-13H2,1-2H3. The summed E-state index contributed by atoms with van der Waals surface area (Å²) in [6.07, 6.45) is 5.79. The van der Waals surface area contributed by atoms with Gasteiger partial charge >= 0.3 is 0 Å². The fourth-order valence-corrected chi connectivity index (χ4v) is 5.01. The Labute approximate surface area is 142 Å². The van der Waals surface area contributed by atoms with Crippen LogP contribution < -0.4 is 0 Å². The van der Waals surface area contributed by atoms with Crippen LogP contribution in [0.2, 0.25) is 0 Å². The number of likely N-dealkylation sites (tertiary alicyclic amines) is 1. The Bertz CT molecular complexity index is 675. The van der Waals surface area contributed by atoms with Crippen molar-refractivity contribution in [1.29, 1.82) is 0 Å². The molecule has 1 unspecified atom stereocenters. The van der Waals surface area contributed by atoms with Crippen LogP contribution in [0.25, 0.3) is 0 Å². The maximum absolute atomic E-state index is 5.81. The van der Waals surface area contributed by atoms with Crippen molar-refractivity contribution < 1.29 is 4.74 Å². The molecule has 1 spiro atoms. The number of benzene rings is 1. The average Bonchev–Trinajstić information content (AvgIpc) is 3.16. The summed E-state index contributed by atoms with van der Waals surface area (Å²) in [6.45, 7) is 5.49. The van der Waals surface area contributed by atoms with Crippen LogP contribution in [0.1, 0.15) is 47.1 Å². The Morgan fingerprint density at radius 3 is 2.87 bits per heavy atom. The van der Waals surface area contributed by atoms with E-state index in [4.69, 9.17) is 4.74 Å². The first-order chi connectivity index (χ1) is 11.2. The van der Waals surface area contributed by atoms with E-state index in [1.54, 1.807) is 16.9 Å².